The summed E-state index contributed by atoms with van der Waals surface area (Å²) in [7, 11) is 1.59. The smallest absolute Gasteiger partial charge is 0.269 e. The molecule has 5 nitrogen and oxygen atoms in total. The number of methoxy groups -OCH3 is 1. The summed E-state index contributed by atoms with van der Waals surface area (Å²) in [5.41, 5.74) is 3.33. The van der Waals surface area contributed by atoms with Gasteiger partial charge < -0.3 is 15.4 Å². The van der Waals surface area contributed by atoms with E-state index in [0.717, 1.165) is 15.8 Å². The van der Waals surface area contributed by atoms with Gasteiger partial charge in [-0.15, -0.1) is 0 Å². The molecular formula is C16H18BrN3O2. The Morgan fingerprint density at radius 1 is 1.27 bits per heavy atom. The van der Waals surface area contributed by atoms with Crippen LogP contribution in [-0.4, -0.2) is 31.2 Å². The van der Waals surface area contributed by atoms with E-state index in [4.69, 9.17) is 4.74 Å². The Kier molecular flexibility index (Phi) is 5.91. The monoisotopic (exact) mass is 363 g/mol. The summed E-state index contributed by atoms with van der Waals surface area (Å²) < 4.78 is 5.92. The zero-order chi connectivity index (χ0) is 15.9. The molecule has 0 bridgehead atoms. The van der Waals surface area contributed by atoms with Crippen LogP contribution in [0.5, 0.6) is 0 Å². The Labute approximate surface area is 138 Å². The Hall–Kier alpha value is -1.92. The lowest BCUT2D eigenvalue weighted by molar-refractivity contribution is 0.0932. The van der Waals surface area contributed by atoms with Crippen LogP contribution in [0.3, 0.4) is 0 Å². The average Bonchev–Trinajstić information content (AvgIpc) is 2.52. The number of amides is 1. The number of benzene rings is 1. The van der Waals surface area contributed by atoms with Crippen molar-refractivity contribution in [2.24, 2.45) is 0 Å². The van der Waals surface area contributed by atoms with Crippen LogP contribution in [0.15, 0.2) is 41.0 Å². The van der Waals surface area contributed by atoms with Gasteiger partial charge in [-0.25, -0.2) is 4.98 Å². The number of halogens is 1. The van der Waals surface area contributed by atoms with E-state index < -0.39 is 0 Å². The lowest BCUT2D eigenvalue weighted by Crippen LogP contribution is -2.27. The van der Waals surface area contributed by atoms with Crippen molar-refractivity contribution in [3.8, 4) is 0 Å². The second-order valence-electron chi connectivity index (χ2n) is 4.77. The van der Waals surface area contributed by atoms with Gasteiger partial charge in [0.05, 0.1) is 18.5 Å². The average molecular weight is 364 g/mol. The topological polar surface area (TPSA) is 63.2 Å². The number of hydrogen-bond donors (Lipinski definition) is 2. The van der Waals surface area contributed by atoms with Crippen molar-refractivity contribution in [2.75, 3.05) is 25.6 Å². The van der Waals surface area contributed by atoms with Crippen LogP contribution in [0.4, 0.5) is 11.4 Å². The van der Waals surface area contributed by atoms with Gasteiger partial charge in [0.2, 0.25) is 0 Å². The number of nitrogens with one attached hydrogen (secondary N) is 2. The molecule has 22 heavy (non-hydrogen) atoms. The highest BCUT2D eigenvalue weighted by molar-refractivity contribution is 9.10. The van der Waals surface area contributed by atoms with E-state index in [1.54, 1.807) is 19.4 Å². The Bertz CT molecular complexity index is 644. The van der Waals surface area contributed by atoms with Crippen LogP contribution < -0.4 is 10.6 Å². The Morgan fingerprint density at radius 2 is 2.05 bits per heavy atom. The molecule has 6 heteroatoms. The molecule has 0 fully saturated rings. The first kappa shape index (κ1) is 16.5. The number of anilines is 2. The van der Waals surface area contributed by atoms with Crippen LogP contribution in [0.25, 0.3) is 0 Å². The van der Waals surface area contributed by atoms with Crippen LogP contribution in [-0.2, 0) is 4.74 Å². The predicted octanol–water partition coefficient (Wildman–Crippen LogP) is 3.27. The molecule has 1 heterocycles. The van der Waals surface area contributed by atoms with Gasteiger partial charge in [-0.1, -0.05) is 22.0 Å². The van der Waals surface area contributed by atoms with Crippen LogP contribution in [0.2, 0.25) is 0 Å². The van der Waals surface area contributed by atoms with E-state index in [1.165, 1.54) is 5.56 Å². The first-order chi connectivity index (χ1) is 10.6. The number of ether oxygens (including phenoxy) is 1. The van der Waals surface area contributed by atoms with Gasteiger partial charge in [-0.3, -0.25) is 4.79 Å². The largest absolute Gasteiger partial charge is 0.383 e. The number of aryl methyl sites for hydroxylation is 1. The highest BCUT2D eigenvalue weighted by Gasteiger charge is 2.06. The maximum atomic E-state index is 11.8. The molecule has 0 saturated heterocycles. The maximum absolute atomic E-state index is 11.8. The summed E-state index contributed by atoms with van der Waals surface area (Å²) in [5, 5.41) is 5.98. The highest BCUT2D eigenvalue weighted by atomic mass is 79.9. The number of carbonyl (C=O) groups excluding carboxylic acids is 1. The summed E-state index contributed by atoms with van der Waals surface area (Å²) in [6.45, 7) is 2.98. The quantitative estimate of drug-likeness (QED) is 0.773. The van der Waals surface area contributed by atoms with Crippen LogP contribution >= 0.6 is 15.9 Å². The van der Waals surface area contributed by atoms with Crippen molar-refractivity contribution >= 4 is 33.2 Å². The number of pyridine rings is 1. The molecule has 1 aromatic heterocycles. The first-order valence-corrected chi connectivity index (χ1v) is 7.66. The number of aromatic nitrogens is 1. The van der Waals surface area contributed by atoms with E-state index in [-0.39, 0.29) is 5.91 Å². The van der Waals surface area contributed by atoms with Gasteiger partial charge in [-0.2, -0.15) is 0 Å². The molecule has 1 aromatic carbocycles. The molecule has 2 N–H and O–H groups in total. The van der Waals surface area contributed by atoms with Crippen molar-refractivity contribution in [3.63, 3.8) is 0 Å². The molecule has 0 aliphatic carbocycles. The van der Waals surface area contributed by atoms with Gasteiger partial charge >= 0.3 is 0 Å². The van der Waals surface area contributed by atoms with E-state index in [1.807, 2.05) is 31.2 Å². The summed E-state index contributed by atoms with van der Waals surface area (Å²) in [6, 6.07) is 9.53. The zero-order valence-electron chi connectivity index (χ0n) is 12.5. The Morgan fingerprint density at radius 3 is 2.68 bits per heavy atom. The van der Waals surface area contributed by atoms with Gasteiger partial charge in [0.1, 0.15) is 5.69 Å². The fraction of sp³-hybridized carbons (Fsp3) is 0.250. The minimum Gasteiger partial charge on any atom is -0.383 e. The highest BCUT2D eigenvalue weighted by Crippen LogP contribution is 2.23. The van der Waals surface area contributed by atoms with Gasteiger partial charge in [0.15, 0.2) is 0 Å². The van der Waals surface area contributed by atoms with E-state index in [9.17, 15) is 4.79 Å². The molecule has 1 amide bonds. The Balaban J connectivity index is 1.99. The first-order valence-electron chi connectivity index (χ1n) is 6.86. The number of hydrogen-bond acceptors (Lipinski definition) is 4. The predicted molar refractivity (Wildman–Crippen MR) is 90.6 cm³/mol. The standard InChI is InChI=1S/C16H18BrN3O2/c1-11-3-4-12(9-14(11)17)20-13-5-6-15(19-10-13)16(21)18-7-8-22-2/h3-6,9-10,20H,7-8H2,1-2H3,(H,18,21). The number of rotatable bonds is 6. The second kappa shape index (κ2) is 7.91. The lowest BCUT2D eigenvalue weighted by atomic mass is 10.2. The second-order valence-corrected chi connectivity index (χ2v) is 5.62. The van der Waals surface area contributed by atoms with Gasteiger partial charge in [-0.05, 0) is 36.8 Å². The molecule has 0 aliphatic rings. The number of nitrogens with zero attached hydrogens (tertiary/aromatic N) is 1. The van der Waals surface area contributed by atoms with E-state index in [0.29, 0.717) is 18.8 Å². The third-order valence-electron chi connectivity index (χ3n) is 3.05. The van der Waals surface area contributed by atoms with Crippen LogP contribution in [0, 0.1) is 6.92 Å². The molecule has 0 atom stereocenters. The molecular weight excluding hydrogens is 346 g/mol. The lowest BCUT2D eigenvalue weighted by Gasteiger charge is -2.09. The SMILES string of the molecule is COCCNC(=O)c1ccc(Nc2ccc(C)c(Br)c2)cn1. The van der Waals surface area contributed by atoms with Crippen LogP contribution in [0.1, 0.15) is 16.1 Å². The van der Waals surface area contributed by atoms with Crippen molar-refractivity contribution in [3.05, 3.63) is 52.3 Å². The van der Waals surface area contributed by atoms with Crippen molar-refractivity contribution in [1.29, 1.82) is 0 Å². The van der Waals surface area contributed by atoms with E-state index >= 15 is 0 Å². The van der Waals surface area contributed by atoms with Crippen molar-refractivity contribution < 1.29 is 9.53 Å². The van der Waals surface area contributed by atoms with Gasteiger partial charge in [0.25, 0.3) is 5.91 Å². The van der Waals surface area contributed by atoms with Gasteiger partial charge in [0, 0.05) is 23.8 Å². The van der Waals surface area contributed by atoms with Crippen molar-refractivity contribution in [1.82, 2.24) is 10.3 Å². The molecule has 2 aromatic rings. The fourth-order valence-corrected chi connectivity index (χ4v) is 2.18. The van der Waals surface area contributed by atoms with Crippen molar-refractivity contribution in [2.45, 2.75) is 6.92 Å². The summed E-state index contributed by atoms with van der Waals surface area (Å²) in [6.07, 6.45) is 1.64. The molecule has 0 spiro atoms. The normalized spacial score (nSPS) is 10.3. The fourth-order valence-electron chi connectivity index (χ4n) is 1.80. The third kappa shape index (κ3) is 4.54. The number of carbonyl (C=O) groups is 1. The minimum absolute atomic E-state index is 0.207. The molecule has 0 saturated carbocycles. The molecule has 0 unspecified atom stereocenters. The van der Waals surface area contributed by atoms with E-state index in [2.05, 4.69) is 31.5 Å². The molecule has 0 aliphatic heterocycles. The molecule has 0 radical (unpaired) electrons. The summed E-state index contributed by atoms with van der Waals surface area (Å²) >= 11 is 3.50. The summed E-state index contributed by atoms with van der Waals surface area (Å²) in [4.78, 5) is 16.0. The summed E-state index contributed by atoms with van der Waals surface area (Å²) in [5.74, 6) is -0.207. The minimum atomic E-state index is -0.207. The third-order valence-corrected chi connectivity index (χ3v) is 3.90. The molecule has 2 rings (SSSR count). The molecule has 116 valence electrons. The maximum Gasteiger partial charge on any atom is 0.269 e. The zero-order valence-corrected chi connectivity index (χ0v) is 14.1.